The van der Waals surface area contributed by atoms with Crippen LogP contribution in [0.5, 0.6) is 0 Å². The summed E-state index contributed by atoms with van der Waals surface area (Å²) in [5, 5.41) is 2.92. The number of nitrogen functional groups attached to an aromatic ring is 1. The molecule has 0 aromatic carbocycles. The topological polar surface area (TPSA) is 92.9 Å². The highest BCUT2D eigenvalue weighted by atomic mass is 35.5. The number of carbonyl (C=O) groups excluding carboxylic acids is 1. The van der Waals surface area contributed by atoms with Crippen molar-refractivity contribution in [3.05, 3.63) is 47.2 Å². The van der Waals surface area contributed by atoms with Crippen molar-refractivity contribution in [2.75, 3.05) is 10.7 Å². The van der Waals surface area contributed by atoms with E-state index in [4.69, 9.17) is 17.4 Å². The van der Waals surface area contributed by atoms with Crippen LogP contribution in [0.1, 0.15) is 10.5 Å². The van der Waals surface area contributed by atoms with Crippen molar-refractivity contribution in [1.29, 1.82) is 0 Å². The lowest BCUT2D eigenvalue weighted by atomic mass is 10.3. The lowest BCUT2D eigenvalue weighted by Crippen LogP contribution is -2.16. The molecule has 0 radical (unpaired) electrons. The van der Waals surface area contributed by atoms with Gasteiger partial charge in [-0.1, -0.05) is 17.7 Å². The number of nitrogens with two attached hydrogens (primary N) is 1. The minimum atomic E-state index is -0.410. The predicted molar refractivity (Wildman–Crippen MR) is 69.2 cm³/mol. The second-order valence-corrected chi connectivity index (χ2v) is 3.75. The van der Waals surface area contributed by atoms with Crippen LogP contribution in [0.2, 0.25) is 5.02 Å². The molecule has 4 N–H and O–H groups in total. The lowest BCUT2D eigenvalue weighted by Gasteiger charge is -2.06. The van der Waals surface area contributed by atoms with E-state index in [1.807, 2.05) is 0 Å². The van der Waals surface area contributed by atoms with Crippen molar-refractivity contribution in [2.45, 2.75) is 0 Å². The zero-order valence-electron chi connectivity index (χ0n) is 9.22. The first-order valence-corrected chi connectivity index (χ1v) is 5.44. The van der Waals surface area contributed by atoms with Crippen molar-refractivity contribution >= 4 is 29.1 Å². The third-order valence-corrected chi connectivity index (χ3v) is 2.43. The van der Waals surface area contributed by atoms with Crippen LogP contribution in [0, 0.1) is 0 Å². The molecule has 0 unspecified atom stereocenters. The first-order valence-electron chi connectivity index (χ1n) is 5.06. The maximum atomic E-state index is 11.9. The second-order valence-electron chi connectivity index (χ2n) is 3.34. The van der Waals surface area contributed by atoms with Gasteiger partial charge in [0.15, 0.2) is 5.82 Å². The van der Waals surface area contributed by atoms with Gasteiger partial charge in [-0.05, 0) is 24.3 Å². The number of nitrogens with zero attached hydrogens (tertiary/aromatic N) is 2. The quantitative estimate of drug-likeness (QED) is 0.579. The summed E-state index contributed by atoms with van der Waals surface area (Å²) in [6.45, 7) is 0. The molecule has 2 rings (SSSR count). The number of carbonyl (C=O) groups is 1. The molecule has 2 aromatic rings. The van der Waals surface area contributed by atoms with Crippen molar-refractivity contribution in [3.63, 3.8) is 0 Å². The minimum absolute atomic E-state index is 0.215. The maximum absolute atomic E-state index is 11.9. The molecule has 0 saturated heterocycles. The molecule has 0 bridgehead atoms. The molecule has 1 amide bonds. The average Bonchev–Trinajstić information content (AvgIpc) is 2.41. The fraction of sp³-hybridized carbons (Fsp3) is 0. The number of hydrazine groups is 1. The predicted octanol–water partition coefficient (Wildman–Crippen LogP) is 1.67. The van der Waals surface area contributed by atoms with Crippen LogP contribution in [0.15, 0.2) is 36.5 Å². The number of hydrogen-bond donors (Lipinski definition) is 3. The number of aromatic nitrogens is 2. The van der Waals surface area contributed by atoms with Gasteiger partial charge in [0.1, 0.15) is 11.5 Å². The zero-order chi connectivity index (χ0) is 13.0. The number of amides is 1. The molecule has 0 aliphatic heterocycles. The first kappa shape index (κ1) is 12.3. The Bertz CT molecular complexity index is 575. The van der Waals surface area contributed by atoms with Gasteiger partial charge in [0, 0.05) is 6.20 Å². The number of rotatable bonds is 3. The van der Waals surface area contributed by atoms with Crippen LogP contribution in [0.25, 0.3) is 0 Å². The van der Waals surface area contributed by atoms with Gasteiger partial charge in [0.2, 0.25) is 0 Å². The van der Waals surface area contributed by atoms with Gasteiger partial charge in [-0.25, -0.2) is 15.8 Å². The van der Waals surface area contributed by atoms with Crippen LogP contribution in [-0.2, 0) is 0 Å². The molecule has 0 fully saturated rings. The fourth-order valence-corrected chi connectivity index (χ4v) is 1.46. The highest BCUT2D eigenvalue weighted by molar-refractivity contribution is 6.33. The van der Waals surface area contributed by atoms with Gasteiger partial charge < -0.3 is 10.7 Å². The Morgan fingerprint density at radius 1 is 1.28 bits per heavy atom. The molecule has 0 atom stereocenters. The summed E-state index contributed by atoms with van der Waals surface area (Å²) in [6.07, 6.45) is 1.53. The summed E-state index contributed by atoms with van der Waals surface area (Å²) in [5.74, 6) is 5.50. The van der Waals surface area contributed by atoms with Crippen LogP contribution >= 0.6 is 11.6 Å². The molecule has 0 spiro atoms. The molecule has 0 saturated carbocycles. The number of halogens is 1. The molecule has 0 aliphatic rings. The monoisotopic (exact) mass is 263 g/mol. The third kappa shape index (κ3) is 2.73. The average molecular weight is 264 g/mol. The molecule has 0 aliphatic carbocycles. The van der Waals surface area contributed by atoms with Gasteiger partial charge >= 0.3 is 0 Å². The summed E-state index contributed by atoms with van der Waals surface area (Å²) in [7, 11) is 0. The van der Waals surface area contributed by atoms with Gasteiger partial charge in [-0.2, -0.15) is 0 Å². The second kappa shape index (κ2) is 5.44. The van der Waals surface area contributed by atoms with Gasteiger partial charge in [-0.15, -0.1) is 0 Å². The molecule has 2 heterocycles. The highest BCUT2D eigenvalue weighted by Crippen LogP contribution is 2.18. The lowest BCUT2D eigenvalue weighted by molar-refractivity contribution is 0.102. The standard InChI is InChI=1S/C11H10ClN5O/c12-7-3-2-6-14-10(7)16-11(18)8-4-1-5-9(15-8)17-13/h1-6H,13H2,(H,15,17)(H,14,16,18). The summed E-state index contributed by atoms with van der Waals surface area (Å²) in [4.78, 5) is 19.8. The fourth-order valence-electron chi connectivity index (χ4n) is 1.29. The normalized spacial score (nSPS) is 9.89. The van der Waals surface area contributed by atoms with E-state index < -0.39 is 5.91 Å². The molecule has 7 heteroatoms. The van der Waals surface area contributed by atoms with E-state index in [2.05, 4.69) is 20.7 Å². The smallest absolute Gasteiger partial charge is 0.275 e. The van der Waals surface area contributed by atoms with Crippen LogP contribution < -0.4 is 16.6 Å². The van der Waals surface area contributed by atoms with Crippen molar-refractivity contribution in [1.82, 2.24) is 9.97 Å². The van der Waals surface area contributed by atoms with E-state index in [0.717, 1.165) is 0 Å². The number of nitrogens with one attached hydrogen (secondary N) is 2. The Kier molecular flexibility index (Phi) is 3.71. The van der Waals surface area contributed by atoms with Gasteiger partial charge in [0.05, 0.1) is 5.02 Å². The minimum Gasteiger partial charge on any atom is -0.308 e. The summed E-state index contributed by atoms with van der Waals surface area (Å²) in [6, 6.07) is 8.18. The van der Waals surface area contributed by atoms with Crippen LogP contribution in [0.4, 0.5) is 11.6 Å². The molecule has 92 valence electrons. The third-order valence-electron chi connectivity index (χ3n) is 2.12. The summed E-state index contributed by atoms with van der Waals surface area (Å²) >= 11 is 5.88. The highest BCUT2D eigenvalue weighted by Gasteiger charge is 2.10. The number of pyridine rings is 2. The molecule has 2 aromatic heterocycles. The number of hydrogen-bond acceptors (Lipinski definition) is 5. The summed E-state index contributed by atoms with van der Waals surface area (Å²) in [5.41, 5.74) is 2.58. The van der Waals surface area contributed by atoms with E-state index in [0.29, 0.717) is 10.8 Å². The van der Waals surface area contributed by atoms with Gasteiger partial charge in [-0.3, -0.25) is 4.79 Å². The Hall–Kier alpha value is -2.18. The van der Waals surface area contributed by atoms with E-state index in [9.17, 15) is 4.79 Å². The Morgan fingerprint density at radius 3 is 2.83 bits per heavy atom. The van der Waals surface area contributed by atoms with Crippen molar-refractivity contribution in [3.8, 4) is 0 Å². The zero-order valence-corrected chi connectivity index (χ0v) is 9.98. The first-order chi connectivity index (χ1) is 8.70. The maximum Gasteiger partial charge on any atom is 0.275 e. The number of anilines is 2. The largest absolute Gasteiger partial charge is 0.308 e. The molecule has 6 nitrogen and oxygen atoms in total. The van der Waals surface area contributed by atoms with E-state index >= 15 is 0 Å². The Labute approximate surface area is 108 Å². The van der Waals surface area contributed by atoms with Crippen LogP contribution in [0.3, 0.4) is 0 Å². The molecular weight excluding hydrogens is 254 g/mol. The van der Waals surface area contributed by atoms with E-state index in [1.54, 1.807) is 30.3 Å². The van der Waals surface area contributed by atoms with Crippen molar-refractivity contribution < 1.29 is 4.79 Å². The molecule has 18 heavy (non-hydrogen) atoms. The summed E-state index contributed by atoms with van der Waals surface area (Å²) < 4.78 is 0. The molecular formula is C11H10ClN5O. The van der Waals surface area contributed by atoms with E-state index in [1.165, 1.54) is 6.20 Å². The Balaban J connectivity index is 2.19. The van der Waals surface area contributed by atoms with E-state index in [-0.39, 0.29) is 11.5 Å². The van der Waals surface area contributed by atoms with Crippen LogP contribution in [-0.4, -0.2) is 15.9 Å². The van der Waals surface area contributed by atoms with Gasteiger partial charge in [0.25, 0.3) is 5.91 Å². The Morgan fingerprint density at radius 2 is 2.11 bits per heavy atom. The van der Waals surface area contributed by atoms with Crippen molar-refractivity contribution in [2.24, 2.45) is 5.84 Å². The SMILES string of the molecule is NNc1cccc(C(=O)Nc2ncccc2Cl)n1.